The van der Waals surface area contributed by atoms with Crippen LogP contribution in [0.2, 0.25) is 5.02 Å². The fraction of sp³-hybridized carbons (Fsp3) is 0.292. The Hall–Kier alpha value is -3.12. The minimum absolute atomic E-state index is 0.170. The lowest BCUT2D eigenvalue weighted by Crippen LogP contribution is -2.14. The summed E-state index contributed by atoms with van der Waals surface area (Å²) in [6, 6.07) is 11.4. The highest BCUT2D eigenvalue weighted by Crippen LogP contribution is 2.43. The van der Waals surface area contributed by atoms with Gasteiger partial charge in [-0.05, 0) is 68.5 Å². The number of nitrogens with one attached hydrogen (secondary N) is 1. The molecule has 1 N–H and O–H groups in total. The third kappa shape index (κ3) is 3.41. The summed E-state index contributed by atoms with van der Waals surface area (Å²) in [7, 11) is 0. The number of hydrogen-bond acceptors (Lipinski definition) is 4. The second kappa shape index (κ2) is 6.95. The molecule has 0 bridgehead atoms. The number of hydrogen-bond donors (Lipinski definition) is 1. The average Bonchev–Trinajstić information content (AvgIpc) is 3.69. The third-order valence-corrected chi connectivity index (χ3v) is 6.41. The summed E-state index contributed by atoms with van der Waals surface area (Å²) in [5.74, 6) is 1.42. The Bertz CT molecular complexity index is 1330. The van der Waals surface area contributed by atoms with Gasteiger partial charge in [0.1, 0.15) is 5.52 Å². The Labute approximate surface area is 184 Å². The van der Waals surface area contributed by atoms with Crippen LogP contribution in [0.1, 0.15) is 65.0 Å². The molecule has 4 aromatic rings. The van der Waals surface area contributed by atoms with Crippen LogP contribution in [0.5, 0.6) is 0 Å². The molecule has 6 rings (SSSR count). The van der Waals surface area contributed by atoms with Gasteiger partial charge in [0.15, 0.2) is 11.5 Å². The van der Waals surface area contributed by atoms with E-state index in [1.54, 1.807) is 6.20 Å². The topological polar surface area (TPSA) is 73.0 Å². The molecule has 6 nitrogen and oxygen atoms in total. The van der Waals surface area contributed by atoms with E-state index in [-0.39, 0.29) is 5.91 Å². The Kier molecular flexibility index (Phi) is 4.18. The van der Waals surface area contributed by atoms with Gasteiger partial charge >= 0.3 is 0 Å². The first kappa shape index (κ1) is 18.6. The second-order valence-corrected chi connectivity index (χ2v) is 8.93. The van der Waals surface area contributed by atoms with Crippen LogP contribution in [0.25, 0.3) is 16.8 Å². The molecule has 2 aromatic heterocycles. The minimum atomic E-state index is -0.170. The van der Waals surface area contributed by atoms with E-state index in [0.717, 1.165) is 59.6 Å². The quantitative estimate of drug-likeness (QED) is 0.421. The molecular weight excluding hydrogens is 412 g/mol. The van der Waals surface area contributed by atoms with Crippen molar-refractivity contribution in [2.45, 2.75) is 44.4 Å². The van der Waals surface area contributed by atoms with Crippen molar-refractivity contribution < 1.29 is 9.21 Å². The molecule has 2 fully saturated rings. The molecule has 156 valence electrons. The van der Waals surface area contributed by atoms with Gasteiger partial charge in [-0.25, -0.2) is 9.67 Å². The number of carbonyl (C=O) groups is 1. The molecule has 1 amide bonds. The third-order valence-electron chi connectivity index (χ3n) is 6.00. The van der Waals surface area contributed by atoms with Gasteiger partial charge in [-0.3, -0.25) is 4.79 Å². The molecule has 2 aliphatic carbocycles. The van der Waals surface area contributed by atoms with E-state index in [1.807, 2.05) is 48.0 Å². The Morgan fingerprint density at radius 3 is 2.68 bits per heavy atom. The van der Waals surface area contributed by atoms with Crippen LogP contribution >= 0.6 is 11.6 Å². The van der Waals surface area contributed by atoms with E-state index in [4.69, 9.17) is 16.0 Å². The minimum Gasteiger partial charge on any atom is -0.440 e. The molecule has 0 unspecified atom stereocenters. The molecule has 2 saturated carbocycles. The first-order valence-corrected chi connectivity index (χ1v) is 11.0. The van der Waals surface area contributed by atoms with Crippen molar-refractivity contribution in [3.63, 3.8) is 0 Å². The van der Waals surface area contributed by atoms with Crippen molar-refractivity contribution in [1.82, 2.24) is 14.8 Å². The van der Waals surface area contributed by atoms with Gasteiger partial charge in [0.05, 0.1) is 23.1 Å². The fourth-order valence-corrected chi connectivity index (χ4v) is 4.10. The maximum atomic E-state index is 13.2. The number of anilines is 1. The smallest absolute Gasteiger partial charge is 0.259 e. The number of carbonyl (C=O) groups excluding carboxylic acids is 1. The van der Waals surface area contributed by atoms with Crippen LogP contribution in [-0.2, 0) is 0 Å². The van der Waals surface area contributed by atoms with Crippen LogP contribution in [0.4, 0.5) is 5.69 Å². The van der Waals surface area contributed by atoms with Gasteiger partial charge in [0.25, 0.3) is 5.91 Å². The highest BCUT2D eigenvalue weighted by molar-refractivity contribution is 6.31. The number of rotatable bonds is 5. The standard InChI is InChI=1S/C24H21ClN4O2/c1-13-2-8-17(11-19(13)25)29-22(14-3-4-14)18(12-26-29)23(30)27-16-7-9-21-20(10-16)28-24(31-21)15-5-6-15/h2,7-12,14-15H,3-6H2,1H3,(H,27,30). The molecular formula is C24H21ClN4O2. The Morgan fingerprint density at radius 2 is 1.94 bits per heavy atom. The molecule has 2 aliphatic rings. The van der Waals surface area contributed by atoms with Gasteiger partial charge in [-0.2, -0.15) is 5.10 Å². The number of nitrogens with zero attached hydrogens (tertiary/aromatic N) is 3. The molecule has 31 heavy (non-hydrogen) atoms. The molecule has 0 aliphatic heterocycles. The van der Waals surface area contributed by atoms with E-state index >= 15 is 0 Å². The maximum absolute atomic E-state index is 13.2. The fourth-order valence-electron chi connectivity index (χ4n) is 3.93. The first-order chi connectivity index (χ1) is 15.1. The Morgan fingerprint density at radius 1 is 1.13 bits per heavy atom. The molecule has 0 atom stereocenters. The van der Waals surface area contributed by atoms with Crippen molar-refractivity contribution in [3.8, 4) is 5.69 Å². The first-order valence-electron chi connectivity index (χ1n) is 10.6. The number of aromatic nitrogens is 3. The molecule has 0 radical (unpaired) electrons. The number of aryl methyl sites for hydroxylation is 1. The largest absolute Gasteiger partial charge is 0.440 e. The van der Waals surface area contributed by atoms with E-state index < -0.39 is 0 Å². The highest BCUT2D eigenvalue weighted by Gasteiger charge is 2.33. The number of halogens is 1. The number of fused-ring (bicyclic) bond motifs is 1. The van der Waals surface area contributed by atoms with Gasteiger partial charge < -0.3 is 9.73 Å². The summed E-state index contributed by atoms with van der Waals surface area (Å²) in [6.07, 6.45) is 6.03. The van der Waals surface area contributed by atoms with E-state index in [1.165, 1.54) is 0 Å². The van der Waals surface area contributed by atoms with Crippen LogP contribution in [0.3, 0.4) is 0 Å². The van der Waals surface area contributed by atoms with Crippen molar-refractivity contribution in [3.05, 3.63) is 70.3 Å². The normalized spacial score (nSPS) is 16.1. The average molecular weight is 433 g/mol. The molecule has 2 heterocycles. The van der Waals surface area contributed by atoms with E-state index in [9.17, 15) is 4.79 Å². The summed E-state index contributed by atoms with van der Waals surface area (Å²) in [4.78, 5) is 17.7. The zero-order valence-corrected chi connectivity index (χ0v) is 17.8. The van der Waals surface area contributed by atoms with Crippen molar-refractivity contribution in [2.75, 3.05) is 5.32 Å². The summed E-state index contributed by atoms with van der Waals surface area (Å²) in [5, 5.41) is 8.23. The van der Waals surface area contributed by atoms with Crippen LogP contribution in [0, 0.1) is 6.92 Å². The summed E-state index contributed by atoms with van der Waals surface area (Å²) in [5.41, 5.74) is 5.63. The van der Waals surface area contributed by atoms with Crippen LogP contribution in [0.15, 0.2) is 47.0 Å². The highest BCUT2D eigenvalue weighted by atomic mass is 35.5. The van der Waals surface area contributed by atoms with Gasteiger partial charge in [-0.15, -0.1) is 0 Å². The number of benzene rings is 2. The predicted octanol–water partition coefficient (Wildman–Crippen LogP) is 5.98. The number of oxazole rings is 1. The summed E-state index contributed by atoms with van der Waals surface area (Å²) in [6.45, 7) is 1.97. The lowest BCUT2D eigenvalue weighted by atomic mass is 10.1. The molecule has 0 saturated heterocycles. The summed E-state index contributed by atoms with van der Waals surface area (Å²) >= 11 is 6.33. The van der Waals surface area contributed by atoms with E-state index in [2.05, 4.69) is 15.4 Å². The second-order valence-electron chi connectivity index (χ2n) is 8.53. The SMILES string of the molecule is Cc1ccc(-n2ncc(C(=O)Nc3ccc4oc(C5CC5)nc4c3)c2C2CC2)cc1Cl. The lowest BCUT2D eigenvalue weighted by molar-refractivity contribution is 0.102. The van der Waals surface area contributed by atoms with Crippen molar-refractivity contribution >= 4 is 34.3 Å². The van der Waals surface area contributed by atoms with Crippen LogP contribution in [-0.4, -0.2) is 20.7 Å². The van der Waals surface area contributed by atoms with Crippen LogP contribution < -0.4 is 5.32 Å². The predicted molar refractivity (Wildman–Crippen MR) is 119 cm³/mol. The van der Waals surface area contributed by atoms with Gasteiger partial charge in [0, 0.05) is 22.5 Å². The molecule has 2 aromatic carbocycles. The monoisotopic (exact) mass is 432 g/mol. The summed E-state index contributed by atoms with van der Waals surface area (Å²) < 4.78 is 7.67. The molecule has 7 heteroatoms. The van der Waals surface area contributed by atoms with Crippen molar-refractivity contribution in [2.24, 2.45) is 0 Å². The maximum Gasteiger partial charge on any atom is 0.259 e. The van der Waals surface area contributed by atoms with Gasteiger partial charge in [-0.1, -0.05) is 17.7 Å². The lowest BCUT2D eigenvalue weighted by Gasteiger charge is -2.10. The zero-order valence-electron chi connectivity index (χ0n) is 17.1. The van der Waals surface area contributed by atoms with E-state index in [0.29, 0.717) is 28.1 Å². The van der Waals surface area contributed by atoms with Crippen molar-refractivity contribution in [1.29, 1.82) is 0 Å². The molecule has 0 spiro atoms. The Balaban J connectivity index is 1.31. The number of amides is 1. The zero-order chi connectivity index (χ0) is 21.1. The van der Waals surface area contributed by atoms with Gasteiger partial charge in [0.2, 0.25) is 0 Å².